The summed E-state index contributed by atoms with van der Waals surface area (Å²) in [5.41, 5.74) is 1.07. The molecule has 1 fully saturated rings. The Morgan fingerprint density at radius 2 is 1.48 bits per heavy atom. The van der Waals surface area contributed by atoms with Crippen molar-refractivity contribution in [2.45, 2.75) is 109 Å². The summed E-state index contributed by atoms with van der Waals surface area (Å²) in [5.74, 6) is 0.596. The van der Waals surface area contributed by atoms with E-state index in [9.17, 15) is 5.11 Å². The van der Waals surface area contributed by atoms with Gasteiger partial charge in [-0.2, -0.15) is 0 Å². The van der Waals surface area contributed by atoms with E-state index in [0.717, 1.165) is 5.56 Å². The Kier molecular flexibility index (Phi) is 8.51. The van der Waals surface area contributed by atoms with Crippen molar-refractivity contribution in [1.82, 2.24) is 0 Å². The molecule has 1 aliphatic rings. The second-order valence-corrected chi connectivity index (χ2v) is 21.7. The molecule has 0 amide bonds. The van der Waals surface area contributed by atoms with Crippen molar-refractivity contribution < 1.29 is 23.4 Å². The van der Waals surface area contributed by atoms with Crippen LogP contribution in [-0.2, 0) is 24.9 Å². The molecule has 1 aromatic rings. The standard InChI is InChI=1S/C26H44O5Si2/c1-12-26(27)23(31-33(10,11)25(5,6)7)22(30-32(8,9)24(2,3)4)21(29-26)19-28-18-20-16-14-13-15-17-20/h1,13-17,21-23,27H,18-19H2,2-11H3/t21-,22-,23+,26?/m0/s1. The molecule has 0 aliphatic carbocycles. The topological polar surface area (TPSA) is 57.2 Å². The van der Waals surface area contributed by atoms with E-state index >= 15 is 0 Å². The van der Waals surface area contributed by atoms with Gasteiger partial charge in [-0.1, -0.05) is 71.9 Å². The zero-order valence-electron chi connectivity index (χ0n) is 22.2. The van der Waals surface area contributed by atoms with Gasteiger partial charge in [0.2, 0.25) is 0 Å². The highest BCUT2D eigenvalue weighted by Crippen LogP contribution is 2.45. The molecule has 1 aliphatic heterocycles. The third-order valence-electron chi connectivity index (χ3n) is 7.45. The SMILES string of the molecule is C#CC1(O)O[C@@H](COCc2ccccc2)[C@H](O[Si](C)(C)C(C)(C)C)[C@H]1O[Si](C)(C)C(C)(C)C. The van der Waals surface area contributed by atoms with Gasteiger partial charge in [-0.3, -0.25) is 0 Å². The Labute approximate surface area is 203 Å². The van der Waals surface area contributed by atoms with E-state index in [1.54, 1.807) is 0 Å². The maximum atomic E-state index is 11.4. The summed E-state index contributed by atoms with van der Waals surface area (Å²) in [6.45, 7) is 22.4. The number of hydrogen-bond acceptors (Lipinski definition) is 5. The number of ether oxygens (including phenoxy) is 2. The Morgan fingerprint density at radius 1 is 0.970 bits per heavy atom. The van der Waals surface area contributed by atoms with E-state index in [1.165, 1.54) is 0 Å². The largest absolute Gasteiger partial charge is 0.408 e. The summed E-state index contributed by atoms with van der Waals surface area (Å²) in [6, 6.07) is 9.96. The average Bonchev–Trinajstić information content (AvgIpc) is 2.92. The normalized spacial score (nSPS) is 26.9. The lowest BCUT2D eigenvalue weighted by Crippen LogP contribution is -2.56. The molecule has 0 saturated carbocycles. The molecule has 0 radical (unpaired) electrons. The van der Waals surface area contributed by atoms with Gasteiger partial charge in [-0.25, -0.2) is 0 Å². The van der Waals surface area contributed by atoms with Gasteiger partial charge in [-0.05, 0) is 47.7 Å². The first kappa shape index (κ1) is 28.3. The molecule has 0 spiro atoms. The van der Waals surface area contributed by atoms with Crippen LogP contribution in [0.2, 0.25) is 36.3 Å². The zero-order chi connectivity index (χ0) is 25.3. The third kappa shape index (κ3) is 6.57. The van der Waals surface area contributed by atoms with Gasteiger partial charge in [0.05, 0.1) is 13.2 Å². The summed E-state index contributed by atoms with van der Waals surface area (Å²) < 4.78 is 25.6. The molecule has 2 rings (SSSR count). The minimum absolute atomic E-state index is 0.0270. The van der Waals surface area contributed by atoms with Crippen molar-refractivity contribution in [2.75, 3.05) is 6.61 Å². The molecule has 1 aromatic carbocycles. The molecule has 5 nitrogen and oxygen atoms in total. The van der Waals surface area contributed by atoms with Crippen LogP contribution >= 0.6 is 0 Å². The molecule has 1 N–H and O–H groups in total. The summed E-state index contributed by atoms with van der Waals surface area (Å²) in [7, 11) is -4.53. The highest BCUT2D eigenvalue weighted by atomic mass is 28.4. The predicted octanol–water partition coefficient (Wildman–Crippen LogP) is 5.70. The lowest BCUT2D eigenvalue weighted by atomic mass is 10.1. The number of benzene rings is 1. The zero-order valence-corrected chi connectivity index (χ0v) is 24.2. The molecule has 4 atom stereocenters. The van der Waals surface area contributed by atoms with E-state index in [4.69, 9.17) is 24.7 Å². The fourth-order valence-corrected chi connectivity index (χ4v) is 5.78. The monoisotopic (exact) mass is 492 g/mol. The molecule has 186 valence electrons. The second kappa shape index (κ2) is 9.94. The van der Waals surface area contributed by atoms with Gasteiger partial charge >= 0.3 is 0 Å². The van der Waals surface area contributed by atoms with Gasteiger partial charge in [0, 0.05) is 0 Å². The first-order valence-corrected chi connectivity index (χ1v) is 17.6. The van der Waals surface area contributed by atoms with Crippen molar-refractivity contribution in [2.24, 2.45) is 0 Å². The van der Waals surface area contributed by atoms with Crippen molar-refractivity contribution in [1.29, 1.82) is 0 Å². The van der Waals surface area contributed by atoms with Crippen LogP contribution in [0, 0.1) is 12.3 Å². The molecule has 0 bridgehead atoms. The quantitative estimate of drug-likeness (QED) is 0.372. The van der Waals surface area contributed by atoms with Gasteiger partial charge in [-0.15, -0.1) is 6.42 Å². The van der Waals surface area contributed by atoms with Gasteiger partial charge in [0.1, 0.15) is 18.3 Å². The van der Waals surface area contributed by atoms with Gasteiger partial charge < -0.3 is 23.4 Å². The fourth-order valence-electron chi connectivity index (χ4n) is 3.19. The van der Waals surface area contributed by atoms with E-state index in [-0.39, 0.29) is 16.7 Å². The Balaban J connectivity index is 2.35. The maximum absolute atomic E-state index is 11.4. The Hall–Kier alpha value is -0.986. The molecular weight excluding hydrogens is 448 g/mol. The summed E-state index contributed by atoms with van der Waals surface area (Å²) in [6.07, 6.45) is 3.94. The first-order chi connectivity index (χ1) is 14.9. The summed E-state index contributed by atoms with van der Waals surface area (Å²) >= 11 is 0. The van der Waals surface area contributed by atoms with Crippen LogP contribution in [0.15, 0.2) is 30.3 Å². The van der Waals surface area contributed by atoms with E-state index < -0.39 is 40.7 Å². The van der Waals surface area contributed by atoms with E-state index in [2.05, 4.69) is 73.7 Å². The minimum atomic E-state index is -2.29. The van der Waals surface area contributed by atoms with Crippen molar-refractivity contribution in [3.63, 3.8) is 0 Å². The predicted molar refractivity (Wildman–Crippen MR) is 139 cm³/mol. The van der Waals surface area contributed by atoms with Crippen LogP contribution < -0.4 is 0 Å². The number of terminal acetylenes is 1. The smallest absolute Gasteiger partial charge is 0.260 e. The molecule has 0 aromatic heterocycles. The number of aliphatic hydroxyl groups is 1. The van der Waals surface area contributed by atoms with Crippen LogP contribution in [0.4, 0.5) is 0 Å². The molecule has 1 saturated heterocycles. The van der Waals surface area contributed by atoms with E-state index in [0.29, 0.717) is 6.61 Å². The second-order valence-electron chi connectivity index (χ2n) is 12.1. The van der Waals surface area contributed by atoms with E-state index in [1.807, 2.05) is 30.3 Å². The molecule has 33 heavy (non-hydrogen) atoms. The van der Waals surface area contributed by atoms with Crippen LogP contribution in [0.25, 0.3) is 0 Å². The van der Waals surface area contributed by atoms with Crippen LogP contribution in [0.5, 0.6) is 0 Å². The molecule has 1 heterocycles. The van der Waals surface area contributed by atoms with Crippen molar-refractivity contribution in [3.05, 3.63) is 35.9 Å². The first-order valence-electron chi connectivity index (χ1n) is 11.8. The summed E-state index contributed by atoms with van der Waals surface area (Å²) in [5, 5.41) is 11.3. The lowest BCUT2D eigenvalue weighted by molar-refractivity contribution is -0.188. The minimum Gasteiger partial charge on any atom is -0.408 e. The highest BCUT2D eigenvalue weighted by molar-refractivity contribution is 6.74. The van der Waals surface area contributed by atoms with Gasteiger partial charge in [0.15, 0.2) is 16.6 Å². The van der Waals surface area contributed by atoms with Crippen molar-refractivity contribution in [3.8, 4) is 12.3 Å². The third-order valence-corrected chi connectivity index (χ3v) is 16.4. The van der Waals surface area contributed by atoms with Gasteiger partial charge in [0.25, 0.3) is 5.79 Å². The average molecular weight is 493 g/mol. The van der Waals surface area contributed by atoms with Crippen LogP contribution in [0.1, 0.15) is 47.1 Å². The Morgan fingerprint density at radius 3 is 1.97 bits per heavy atom. The lowest BCUT2D eigenvalue weighted by Gasteiger charge is -2.44. The Bertz CT molecular complexity index is 820. The van der Waals surface area contributed by atoms with Crippen LogP contribution in [0.3, 0.4) is 0 Å². The molecule has 1 unspecified atom stereocenters. The fraction of sp³-hybridized carbons (Fsp3) is 0.692. The number of rotatable bonds is 8. The summed E-state index contributed by atoms with van der Waals surface area (Å²) in [4.78, 5) is 0. The number of hydrogen-bond donors (Lipinski definition) is 1. The maximum Gasteiger partial charge on any atom is 0.260 e. The highest BCUT2D eigenvalue weighted by Gasteiger charge is 2.59. The van der Waals surface area contributed by atoms with Crippen molar-refractivity contribution >= 4 is 16.6 Å². The molecule has 7 heteroatoms. The molecular formula is C26H44O5Si2. The van der Waals surface area contributed by atoms with Crippen LogP contribution in [-0.4, -0.2) is 52.4 Å².